The summed E-state index contributed by atoms with van der Waals surface area (Å²) >= 11 is 3.47. The summed E-state index contributed by atoms with van der Waals surface area (Å²) in [6, 6.07) is 4.23. The lowest BCUT2D eigenvalue weighted by atomic mass is 10.3. The molecule has 1 heterocycles. The van der Waals surface area contributed by atoms with Crippen molar-refractivity contribution in [1.82, 2.24) is 4.98 Å². The monoisotopic (exact) mass is 272 g/mol. The van der Waals surface area contributed by atoms with Crippen LogP contribution in [0.25, 0.3) is 0 Å². The van der Waals surface area contributed by atoms with Gasteiger partial charge in [0.05, 0.1) is 6.61 Å². The molecule has 0 radical (unpaired) electrons. The van der Waals surface area contributed by atoms with Crippen LogP contribution in [0.15, 0.2) is 18.3 Å². The summed E-state index contributed by atoms with van der Waals surface area (Å²) in [7, 11) is 2.02. The van der Waals surface area contributed by atoms with Crippen molar-refractivity contribution in [2.75, 3.05) is 23.9 Å². The zero-order valence-corrected chi connectivity index (χ0v) is 11.0. The topological polar surface area (TPSA) is 25.4 Å². The first-order valence-electron chi connectivity index (χ1n) is 5.07. The second kappa shape index (κ2) is 5.95. The molecule has 0 saturated carbocycles. The number of halogens is 1. The number of ether oxygens (including phenoxy) is 1. The quantitative estimate of drug-likeness (QED) is 0.771. The van der Waals surface area contributed by atoms with Crippen molar-refractivity contribution in [2.45, 2.75) is 19.9 Å². The fraction of sp³-hybridized carbons (Fsp3) is 0.545. The summed E-state index contributed by atoms with van der Waals surface area (Å²) in [6.45, 7) is 4.78. The Bertz CT molecular complexity index is 306. The van der Waals surface area contributed by atoms with Crippen LogP contribution < -0.4 is 9.64 Å². The molecule has 0 saturated heterocycles. The molecule has 0 aliphatic carbocycles. The second-order valence-electron chi connectivity index (χ2n) is 3.37. The third kappa shape index (κ3) is 3.09. The Balaban J connectivity index is 2.91. The van der Waals surface area contributed by atoms with Gasteiger partial charge in [-0.3, -0.25) is 0 Å². The highest BCUT2D eigenvalue weighted by Gasteiger charge is 2.14. The number of anilines is 1. The highest BCUT2D eigenvalue weighted by atomic mass is 79.9. The molecule has 1 aromatic heterocycles. The molecule has 1 rings (SSSR count). The lowest BCUT2D eigenvalue weighted by molar-refractivity contribution is 0.339. The van der Waals surface area contributed by atoms with E-state index in [4.69, 9.17) is 4.74 Å². The second-order valence-corrected chi connectivity index (χ2v) is 4.02. The molecule has 84 valence electrons. The number of rotatable bonds is 5. The number of hydrogen-bond acceptors (Lipinski definition) is 3. The summed E-state index contributed by atoms with van der Waals surface area (Å²) < 4.78 is 5.53. The van der Waals surface area contributed by atoms with E-state index in [1.54, 1.807) is 6.20 Å². The Morgan fingerprint density at radius 1 is 1.60 bits per heavy atom. The average molecular weight is 273 g/mol. The maximum Gasteiger partial charge on any atom is 0.171 e. The lowest BCUT2D eigenvalue weighted by Gasteiger charge is -2.25. The minimum absolute atomic E-state index is 0.388. The van der Waals surface area contributed by atoms with E-state index in [1.807, 2.05) is 26.1 Å². The summed E-state index contributed by atoms with van der Waals surface area (Å²) in [5, 5.41) is 0.908. The third-order valence-corrected chi connectivity index (χ3v) is 3.21. The van der Waals surface area contributed by atoms with Crippen LogP contribution >= 0.6 is 15.9 Å². The molecule has 0 amide bonds. The van der Waals surface area contributed by atoms with E-state index in [0.717, 1.165) is 16.9 Å². The smallest absolute Gasteiger partial charge is 0.171 e. The van der Waals surface area contributed by atoms with Crippen LogP contribution in [0.3, 0.4) is 0 Å². The molecule has 0 spiro atoms. The van der Waals surface area contributed by atoms with Crippen molar-refractivity contribution < 1.29 is 4.74 Å². The van der Waals surface area contributed by atoms with Crippen molar-refractivity contribution in [2.24, 2.45) is 0 Å². The van der Waals surface area contributed by atoms with E-state index >= 15 is 0 Å². The van der Waals surface area contributed by atoms with Gasteiger partial charge in [-0.25, -0.2) is 4.98 Å². The van der Waals surface area contributed by atoms with Crippen molar-refractivity contribution in [3.63, 3.8) is 0 Å². The van der Waals surface area contributed by atoms with Crippen LogP contribution in [-0.2, 0) is 0 Å². The highest BCUT2D eigenvalue weighted by Crippen LogP contribution is 2.25. The minimum Gasteiger partial charge on any atom is -0.490 e. The van der Waals surface area contributed by atoms with Crippen LogP contribution in [-0.4, -0.2) is 30.0 Å². The van der Waals surface area contributed by atoms with Gasteiger partial charge in [0, 0.05) is 24.6 Å². The molecule has 1 aromatic rings. The largest absolute Gasteiger partial charge is 0.490 e. The van der Waals surface area contributed by atoms with Gasteiger partial charge >= 0.3 is 0 Å². The van der Waals surface area contributed by atoms with Gasteiger partial charge in [0.1, 0.15) is 0 Å². The summed E-state index contributed by atoms with van der Waals surface area (Å²) in [4.78, 5) is 6.46. The Hall–Kier alpha value is -0.770. The zero-order valence-electron chi connectivity index (χ0n) is 9.40. The number of alkyl halides is 1. The Morgan fingerprint density at radius 2 is 2.33 bits per heavy atom. The standard InChI is InChI=1S/C11H17BrN2O/c1-4-15-10-6-5-7-13-11(10)14(3)9(2)8-12/h5-7,9H,4,8H2,1-3H3. The molecule has 0 bridgehead atoms. The third-order valence-electron chi connectivity index (χ3n) is 2.27. The predicted molar refractivity (Wildman–Crippen MR) is 67.1 cm³/mol. The van der Waals surface area contributed by atoms with Crippen molar-refractivity contribution >= 4 is 21.7 Å². The lowest BCUT2D eigenvalue weighted by Crippen LogP contribution is -2.31. The molecule has 1 atom stereocenters. The van der Waals surface area contributed by atoms with Gasteiger partial charge in [0.25, 0.3) is 0 Å². The van der Waals surface area contributed by atoms with Gasteiger partial charge in [0.15, 0.2) is 11.6 Å². The average Bonchev–Trinajstić information content (AvgIpc) is 2.28. The van der Waals surface area contributed by atoms with E-state index in [-0.39, 0.29) is 0 Å². The maximum absolute atomic E-state index is 5.53. The van der Waals surface area contributed by atoms with E-state index < -0.39 is 0 Å². The van der Waals surface area contributed by atoms with Gasteiger partial charge in [-0.05, 0) is 26.0 Å². The van der Waals surface area contributed by atoms with E-state index in [9.17, 15) is 0 Å². The van der Waals surface area contributed by atoms with Crippen LogP contribution in [0.1, 0.15) is 13.8 Å². The molecule has 0 aromatic carbocycles. The van der Waals surface area contributed by atoms with Crippen LogP contribution in [0.2, 0.25) is 0 Å². The first kappa shape index (κ1) is 12.3. The van der Waals surface area contributed by atoms with Gasteiger partial charge in [-0.2, -0.15) is 0 Å². The Labute approximate surface area is 99.6 Å². The summed E-state index contributed by atoms with van der Waals surface area (Å²) in [5.74, 6) is 1.74. The molecule has 3 nitrogen and oxygen atoms in total. The molecule has 4 heteroatoms. The first-order chi connectivity index (χ1) is 7.20. The fourth-order valence-corrected chi connectivity index (χ4v) is 1.66. The molecule has 0 aliphatic heterocycles. The van der Waals surface area contributed by atoms with E-state index in [2.05, 4.69) is 32.7 Å². The zero-order chi connectivity index (χ0) is 11.3. The molecular weight excluding hydrogens is 256 g/mol. The highest BCUT2D eigenvalue weighted by molar-refractivity contribution is 9.09. The molecule has 0 fully saturated rings. The molecular formula is C11H17BrN2O. The summed E-state index contributed by atoms with van der Waals surface area (Å²) in [6.07, 6.45) is 1.79. The van der Waals surface area contributed by atoms with Crippen LogP contribution in [0, 0.1) is 0 Å². The Morgan fingerprint density at radius 3 is 2.93 bits per heavy atom. The maximum atomic E-state index is 5.53. The van der Waals surface area contributed by atoms with Gasteiger partial charge in [-0.1, -0.05) is 15.9 Å². The Kier molecular flexibility index (Phi) is 4.88. The summed E-state index contributed by atoms with van der Waals surface area (Å²) in [5.41, 5.74) is 0. The predicted octanol–water partition coefficient (Wildman–Crippen LogP) is 2.70. The van der Waals surface area contributed by atoms with Crippen molar-refractivity contribution in [3.8, 4) is 5.75 Å². The molecule has 15 heavy (non-hydrogen) atoms. The normalized spacial score (nSPS) is 12.3. The first-order valence-corrected chi connectivity index (χ1v) is 6.19. The molecule has 0 aliphatic rings. The van der Waals surface area contributed by atoms with Gasteiger partial charge in [-0.15, -0.1) is 0 Å². The van der Waals surface area contributed by atoms with E-state index in [0.29, 0.717) is 12.6 Å². The number of hydrogen-bond donors (Lipinski definition) is 0. The SMILES string of the molecule is CCOc1cccnc1N(C)C(C)CBr. The van der Waals surface area contributed by atoms with E-state index in [1.165, 1.54) is 0 Å². The van der Waals surface area contributed by atoms with Gasteiger partial charge < -0.3 is 9.64 Å². The van der Waals surface area contributed by atoms with Crippen molar-refractivity contribution in [3.05, 3.63) is 18.3 Å². The van der Waals surface area contributed by atoms with Crippen LogP contribution in [0.5, 0.6) is 5.75 Å². The number of nitrogens with zero attached hydrogens (tertiary/aromatic N) is 2. The number of aromatic nitrogens is 1. The minimum atomic E-state index is 0.388. The fourth-order valence-electron chi connectivity index (χ4n) is 1.23. The number of pyridine rings is 1. The van der Waals surface area contributed by atoms with Gasteiger partial charge in [0.2, 0.25) is 0 Å². The molecule has 1 unspecified atom stereocenters. The van der Waals surface area contributed by atoms with Crippen molar-refractivity contribution in [1.29, 1.82) is 0 Å². The van der Waals surface area contributed by atoms with Crippen LogP contribution in [0.4, 0.5) is 5.82 Å². The molecule has 0 N–H and O–H groups in total.